The Kier molecular flexibility index (Phi) is 10.6. The third-order valence-corrected chi connectivity index (χ3v) is 13.5. The summed E-state index contributed by atoms with van der Waals surface area (Å²) in [5, 5.41) is 9.18. The predicted molar refractivity (Wildman–Crippen MR) is 196 cm³/mol. The number of nitrogens with one attached hydrogen (secondary N) is 4. The summed E-state index contributed by atoms with van der Waals surface area (Å²) in [4.78, 5) is 70.7. The van der Waals surface area contributed by atoms with Gasteiger partial charge in [0.25, 0.3) is 11.8 Å². The first-order chi connectivity index (χ1) is 24.1. The van der Waals surface area contributed by atoms with E-state index in [1.165, 1.54) is 16.2 Å². The zero-order valence-corrected chi connectivity index (χ0v) is 31.5. The molecular formula is C36H46ClN5O7S2. The van der Waals surface area contributed by atoms with Crippen molar-refractivity contribution < 1.29 is 32.4 Å². The van der Waals surface area contributed by atoms with Crippen LogP contribution in [0.15, 0.2) is 36.4 Å². The van der Waals surface area contributed by atoms with Crippen LogP contribution in [0.2, 0.25) is 5.02 Å². The summed E-state index contributed by atoms with van der Waals surface area (Å²) in [6, 6.07) is 4.72. The monoisotopic (exact) mass is 759 g/mol. The third kappa shape index (κ3) is 8.44. The van der Waals surface area contributed by atoms with E-state index in [0.29, 0.717) is 42.0 Å². The van der Waals surface area contributed by atoms with Crippen molar-refractivity contribution in [2.24, 2.45) is 11.3 Å². The van der Waals surface area contributed by atoms with Crippen molar-refractivity contribution in [1.29, 1.82) is 0 Å². The van der Waals surface area contributed by atoms with E-state index < -0.39 is 68.5 Å². The van der Waals surface area contributed by atoms with Gasteiger partial charge < -0.3 is 20.9 Å². The molecule has 4 N–H and O–H groups in total. The maximum Gasteiger partial charge on any atom is 0.263 e. The molecule has 5 amide bonds. The third-order valence-electron chi connectivity index (χ3n) is 9.98. The lowest BCUT2D eigenvalue weighted by Gasteiger charge is -2.30. The fraction of sp³-hybridized carbons (Fsp3) is 0.583. The maximum absolute atomic E-state index is 14.4. The number of allylic oxidation sites excluding steroid dienone is 1. The Balaban J connectivity index is 1.28. The molecule has 0 bridgehead atoms. The molecule has 1 saturated heterocycles. The van der Waals surface area contributed by atoms with Crippen molar-refractivity contribution in [3.05, 3.63) is 46.3 Å². The minimum atomic E-state index is -3.89. The van der Waals surface area contributed by atoms with E-state index in [9.17, 15) is 32.4 Å². The number of benzene rings is 1. The first kappa shape index (κ1) is 37.3. The molecule has 2 aliphatic heterocycles. The van der Waals surface area contributed by atoms with Crippen LogP contribution in [-0.4, -0.2) is 78.3 Å². The molecule has 5 atom stereocenters. The molecule has 12 nitrogen and oxygen atoms in total. The number of carbonyl (C=O) groups is 5. The number of amides is 5. The first-order valence-electron chi connectivity index (χ1n) is 17.7. The van der Waals surface area contributed by atoms with Gasteiger partial charge in [0.2, 0.25) is 27.7 Å². The van der Waals surface area contributed by atoms with Gasteiger partial charge in [-0.15, -0.1) is 11.3 Å². The number of fused-ring (bicyclic) bond motifs is 3. The molecule has 4 aliphatic rings. The number of sulfonamides is 1. The Bertz CT molecular complexity index is 1870. The summed E-state index contributed by atoms with van der Waals surface area (Å²) in [5.74, 6) is -3.03. The lowest BCUT2D eigenvalue weighted by molar-refractivity contribution is -0.142. The molecule has 2 saturated carbocycles. The fourth-order valence-corrected chi connectivity index (χ4v) is 9.83. The molecule has 276 valence electrons. The number of rotatable bonds is 7. The molecule has 3 heterocycles. The van der Waals surface area contributed by atoms with E-state index in [-0.39, 0.29) is 37.1 Å². The molecule has 51 heavy (non-hydrogen) atoms. The molecule has 2 aliphatic carbocycles. The summed E-state index contributed by atoms with van der Waals surface area (Å²) in [5.41, 5.74) is -1.82. The van der Waals surface area contributed by atoms with Crippen molar-refractivity contribution >= 4 is 72.6 Å². The lowest BCUT2D eigenvalue weighted by atomic mass is 9.91. The zero-order valence-electron chi connectivity index (χ0n) is 29.1. The molecule has 2 aromatic rings. The fourth-order valence-electron chi connectivity index (χ4n) is 7.04. The van der Waals surface area contributed by atoms with Crippen molar-refractivity contribution in [3.8, 4) is 0 Å². The Hall–Kier alpha value is -3.49. The largest absolute Gasteiger partial charge is 0.347 e. The lowest BCUT2D eigenvalue weighted by Crippen LogP contribution is -2.58. The average Bonchev–Trinajstić information content (AvgIpc) is 3.96. The van der Waals surface area contributed by atoms with Crippen molar-refractivity contribution in [1.82, 2.24) is 25.6 Å². The van der Waals surface area contributed by atoms with Crippen LogP contribution in [0.3, 0.4) is 0 Å². The molecule has 0 unspecified atom stereocenters. The van der Waals surface area contributed by atoms with Crippen LogP contribution in [0.25, 0.3) is 10.1 Å². The van der Waals surface area contributed by atoms with Crippen LogP contribution >= 0.6 is 22.9 Å². The molecule has 6 rings (SSSR count). The average molecular weight is 760 g/mol. The molecule has 3 fully saturated rings. The molecular weight excluding hydrogens is 714 g/mol. The van der Waals surface area contributed by atoms with Gasteiger partial charge in [0, 0.05) is 35.0 Å². The first-order valence-corrected chi connectivity index (χ1v) is 20.4. The number of hydrogen-bond donors (Lipinski definition) is 4. The van der Waals surface area contributed by atoms with Crippen molar-refractivity contribution in [3.63, 3.8) is 0 Å². The SMILES string of the molecule is CC(C)(C)CC(=O)N[C@H]1CCCCC/C=C\[C@@H]2C[C@@]2(C(=O)NS(=O)(=O)C2CC2)NC(=O)[C@@H]2C[C@@H](NC(=O)c3sc4ccccc4c3Cl)CN2C1=O. The van der Waals surface area contributed by atoms with Gasteiger partial charge in [-0.05, 0) is 56.4 Å². The molecule has 15 heteroatoms. The van der Waals surface area contributed by atoms with Gasteiger partial charge in [0.05, 0.1) is 10.3 Å². The molecule has 0 radical (unpaired) electrons. The van der Waals surface area contributed by atoms with Gasteiger partial charge in [-0.2, -0.15) is 0 Å². The highest BCUT2D eigenvalue weighted by atomic mass is 35.5. The van der Waals surface area contributed by atoms with Crippen LogP contribution in [0.5, 0.6) is 0 Å². The van der Waals surface area contributed by atoms with Gasteiger partial charge >= 0.3 is 0 Å². The second-order valence-electron chi connectivity index (χ2n) is 15.5. The number of halogens is 1. The maximum atomic E-state index is 14.4. The number of thiophene rings is 1. The normalized spacial score (nSPS) is 28.0. The van der Waals surface area contributed by atoms with Crippen LogP contribution in [0.1, 0.15) is 94.7 Å². The summed E-state index contributed by atoms with van der Waals surface area (Å²) < 4.78 is 28.6. The highest BCUT2D eigenvalue weighted by Gasteiger charge is 2.62. The molecule has 1 aromatic carbocycles. The minimum Gasteiger partial charge on any atom is -0.347 e. The standard InChI is InChI=1S/C36H46ClN5O7S2/c1-35(2,3)19-28(43)39-25-13-8-6-4-5-7-11-21-18-36(21,34(47)41-51(48,49)23-15-16-23)40-31(44)26-17-22(20-42(26)33(25)46)38-32(45)30-29(37)24-12-9-10-14-27(24)50-30/h7,9-12,14,21-23,25-26H,4-6,8,13,15-20H2,1-3H3,(H,38,45)(H,39,43)(H,40,44)(H,41,47)/b11-7-/t21-,22-,25+,26+,36-/m1/s1. The smallest absolute Gasteiger partial charge is 0.263 e. The van der Waals surface area contributed by atoms with Crippen molar-refractivity contribution in [2.45, 2.75) is 114 Å². The van der Waals surface area contributed by atoms with E-state index >= 15 is 0 Å². The van der Waals surface area contributed by atoms with Gasteiger partial charge in [-0.3, -0.25) is 28.7 Å². The highest BCUT2D eigenvalue weighted by molar-refractivity contribution is 7.91. The summed E-state index contributed by atoms with van der Waals surface area (Å²) in [6.07, 6.45) is 8.50. The van der Waals surface area contributed by atoms with E-state index in [4.69, 9.17) is 11.6 Å². The van der Waals surface area contributed by atoms with Crippen molar-refractivity contribution in [2.75, 3.05) is 6.54 Å². The Morgan fingerprint density at radius 2 is 1.80 bits per heavy atom. The quantitative estimate of drug-likeness (QED) is 0.307. The summed E-state index contributed by atoms with van der Waals surface area (Å²) >= 11 is 7.84. The van der Waals surface area contributed by atoms with Crippen LogP contribution < -0.4 is 20.7 Å². The van der Waals surface area contributed by atoms with E-state index in [1.54, 1.807) is 0 Å². The van der Waals surface area contributed by atoms with Gasteiger partial charge in [-0.1, -0.05) is 75.6 Å². The second-order valence-corrected chi connectivity index (χ2v) is 18.9. The van der Waals surface area contributed by atoms with E-state index in [2.05, 4.69) is 20.7 Å². The molecule has 0 spiro atoms. The van der Waals surface area contributed by atoms with E-state index in [0.717, 1.165) is 22.9 Å². The number of nitrogens with zero attached hydrogens (tertiary/aromatic N) is 1. The number of carbonyl (C=O) groups excluding carboxylic acids is 5. The second kappa shape index (κ2) is 14.5. The van der Waals surface area contributed by atoms with Crippen LogP contribution in [0, 0.1) is 11.3 Å². The van der Waals surface area contributed by atoms with E-state index in [1.807, 2.05) is 57.2 Å². The molecule has 1 aromatic heterocycles. The topological polar surface area (TPSA) is 171 Å². The van der Waals surface area contributed by atoms with Gasteiger partial charge in [-0.25, -0.2) is 8.42 Å². The zero-order chi connectivity index (χ0) is 36.7. The Morgan fingerprint density at radius 1 is 1.06 bits per heavy atom. The van der Waals surface area contributed by atoms with Crippen LogP contribution in [0.4, 0.5) is 0 Å². The summed E-state index contributed by atoms with van der Waals surface area (Å²) in [6.45, 7) is 5.78. The van der Waals surface area contributed by atoms with Gasteiger partial charge in [0.15, 0.2) is 0 Å². The highest BCUT2D eigenvalue weighted by Crippen LogP contribution is 2.46. The predicted octanol–water partition coefficient (Wildman–Crippen LogP) is 4.18. The van der Waals surface area contributed by atoms with Crippen LogP contribution in [-0.2, 0) is 29.2 Å². The number of hydrogen-bond acceptors (Lipinski definition) is 8. The Morgan fingerprint density at radius 3 is 2.51 bits per heavy atom. The Labute approximate surface area is 307 Å². The van der Waals surface area contributed by atoms with Gasteiger partial charge in [0.1, 0.15) is 22.5 Å². The minimum absolute atomic E-state index is 0.0184. The summed E-state index contributed by atoms with van der Waals surface area (Å²) in [7, 11) is -3.89.